The lowest BCUT2D eigenvalue weighted by atomic mass is 10.1. The first-order chi connectivity index (χ1) is 12.6. The van der Waals surface area contributed by atoms with Gasteiger partial charge in [-0.1, -0.05) is 53.6 Å². The van der Waals surface area contributed by atoms with Crippen molar-refractivity contribution < 1.29 is 4.79 Å². The molecule has 1 aromatic heterocycles. The molecule has 1 amide bonds. The summed E-state index contributed by atoms with van der Waals surface area (Å²) < 4.78 is 1.78. The maximum absolute atomic E-state index is 12.2. The molecule has 26 heavy (non-hydrogen) atoms. The number of aromatic nitrogens is 2. The zero-order valence-electron chi connectivity index (χ0n) is 14.4. The van der Waals surface area contributed by atoms with Gasteiger partial charge in [-0.15, -0.1) is 0 Å². The van der Waals surface area contributed by atoms with Crippen molar-refractivity contribution in [3.8, 4) is 11.3 Å². The highest BCUT2D eigenvalue weighted by atomic mass is 35.5. The molecular formula is C20H19ClN4O. The van der Waals surface area contributed by atoms with E-state index in [9.17, 15) is 4.79 Å². The van der Waals surface area contributed by atoms with Gasteiger partial charge in [-0.2, -0.15) is 5.10 Å². The number of carbonyl (C=O) groups excluding carboxylic acids is 1. The van der Waals surface area contributed by atoms with Crippen molar-refractivity contribution >= 4 is 17.5 Å². The zero-order chi connectivity index (χ0) is 18.1. The van der Waals surface area contributed by atoms with Gasteiger partial charge in [0, 0.05) is 17.1 Å². The Morgan fingerprint density at radius 1 is 1.23 bits per heavy atom. The molecule has 4 rings (SSSR count). The number of nitrogens with zero attached hydrogens (tertiary/aromatic N) is 2. The number of carbonyl (C=O) groups is 1. The van der Waals surface area contributed by atoms with Gasteiger partial charge in [-0.3, -0.25) is 10.1 Å². The van der Waals surface area contributed by atoms with Crippen LogP contribution in [0.15, 0.2) is 54.6 Å². The Hall–Kier alpha value is -2.63. The van der Waals surface area contributed by atoms with Gasteiger partial charge in [0.25, 0.3) is 5.91 Å². The monoisotopic (exact) mass is 366 g/mol. The normalized spacial score (nSPS) is 16.2. The number of rotatable bonds is 4. The quantitative estimate of drug-likeness (QED) is 0.742. The van der Waals surface area contributed by atoms with E-state index in [1.165, 1.54) is 5.56 Å². The summed E-state index contributed by atoms with van der Waals surface area (Å²) in [7, 11) is 0. The third kappa shape index (κ3) is 3.36. The van der Waals surface area contributed by atoms with E-state index in [0.29, 0.717) is 23.8 Å². The van der Waals surface area contributed by atoms with Crippen molar-refractivity contribution in [2.75, 3.05) is 6.54 Å². The standard InChI is InChI=1S/C20H19ClN4O/c1-13-5-7-15(8-6-13)17-10-18-20(26)23-12-19(25(18)24-17)22-11-14-3-2-4-16(21)9-14/h2-10,19,22H,11-12H2,1H3,(H,23,26)/t19-/m1/s1. The topological polar surface area (TPSA) is 59.0 Å². The molecule has 1 atom stereocenters. The number of halogens is 1. The summed E-state index contributed by atoms with van der Waals surface area (Å²) in [6.45, 7) is 3.17. The van der Waals surface area contributed by atoms with Crippen LogP contribution in [-0.4, -0.2) is 22.2 Å². The number of amides is 1. The van der Waals surface area contributed by atoms with Gasteiger partial charge in [0.05, 0.1) is 12.2 Å². The first-order valence-electron chi connectivity index (χ1n) is 8.53. The lowest BCUT2D eigenvalue weighted by Crippen LogP contribution is -2.45. The second-order valence-electron chi connectivity index (χ2n) is 6.46. The number of fused-ring (bicyclic) bond motifs is 1. The van der Waals surface area contributed by atoms with Crippen molar-refractivity contribution in [3.63, 3.8) is 0 Å². The second-order valence-corrected chi connectivity index (χ2v) is 6.90. The van der Waals surface area contributed by atoms with Crippen LogP contribution in [0.5, 0.6) is 0 Å². The summed E-state index contributed by atoms with van der Waals surface area (Å²) in [6, 6.07) is 17.7. The Morgan fingerprint density at radius 2 is 2.04 bits per heavy atom. The fourth-order valence-corrected chi connectivity index (χ4v) is 3.29. The smallest absolute Gasteiger partial charge is 0.269 e. The lowest BCUT2D eigenvalue weighted by Gasteiger charge is -2.25. The molecular weight excluding hydrogens is 348 g/mol. The molecule has 6 heteroatoms. The maximum Gasteiger partial charge on any atom is 0.269 e. The van der Waals surface area contributed by atoms with Crippen LogP contribution in [-0.2, 0) is 6.54 Å². The first kappa shape index (κ1) is 16.8. The average molecular weight is 367 g/mol. The van der Waals surface area contributed by atoms with Gasteiger partial charge in [-0.05, 0) is 30.7 Å². The fraction of sp³-hybridized carbons (Fsp3) is 0.200. The van der Waals surface area contributed by atoms with Crippen LogP contribution in [0.25, 0.3) is 11.3 Å². The Morgan fingerprint density at radius 3 is 2.81 bits per heavy atom. The molecule has 5 nitrogen and oxygen atoms in total. The lowest BCUT2D eigenvalue weighted by molar-refractivity contribution is 0.0900. The second kappa shape index (κ2) is 6.94. The average Bonchev–Trinajstić information content (AvgIpc) is 3.08. The van der Waals surface area contributed by atoms with Gasteiger partial charge in [0.2, 0.25) is 0 Å². The zero-order valence-corrected chi connectivity index (χ0v) is 15.1. The SMILES string of the molecule is Cc1ccc(-c2cc3n(n2)[C@@H](NCc2cccc(Cl)c2)CNC3=O)cc1. The Bertz CT molecular complexity index is 949. The highest BCUT2D eigenvalue weighted by Crippen LogP contribution is 2.23. The highest BCUT2D eigenvalue weighted by Gasteiger charge is 2.27. The minimum atomic E-state index is -0.110. The van der Waals surface area contributed by atoms with Crippen molar-refractivity contribution in [3.05, 3.63) is 76.4 Å². The molecule has 0 saturated carbocycles. The van der Waals surface area contributed by atoms with Crippen molar-refractivity contribution in [2.24, 2.45) is 0 Å². The van der Waals surface area contributed by atoms with E-state index in [2.05, 4.69) is 15.7 Å². The molecule has 2 aromatic carbocycles. The molecule has 3 aromatic rings. The third-order valence-electron chi connectivity index (χ3n) is 4.50. The minimum absolute atomic E-state index is 0.100. The maximum atomic E-state index is 12.2. The predicted molar refractivity (Wildman–Crippen MR) is 102 cm³/mol. The van der Waals surface area contributed by atoms with E-state index in [1.54, 1.807) is 4.68 Å². The van der Waals surface area contributed by atoms with Crippen LogP contribution in [0, 0.1) is 6.92 Å². The van der Waals surface area contributed by atoms with E-state index in [-0.39, 0.29) is 12.1 Å². The van der Waals surface area contributed by atoms with Gasteiger partial charge in [0.15, 0.2) is 0 Å². The van der Waals surface area contributed by atoms with Crippen LogP contribution in [0.1, 0.15) is 27.8 Å². The largest absolute Gasteiger partial charge is 0.347 e. The van der Waals surface area contributed by atoms with Crippen LogP contribution in [0.4, 0.5) is 0 Å². The van der Waals surface area contributed by atoms with E-state index in [0.717, 1.165) is 16.8 Å². The fourth-order valence-electron chi connectivity index (χ4n) is 3.07. The highest BCUT2D eigenvalue weighted by molar-refractivity contribution is 6.30. The van der Waals surface area contributed by atoms with Gasteiger partial charge >= 0.3 is 0 Å². The predicted octanol–water partition coefficient (Wildman–Crippen LogP) is 3.54. The Balaban J connectivity index is 1.59. The molecule has 0 bridgehead atoms. The van der Waals surface area contributed by atoms with Crippen molar-refractivity contribution in [1.82, 2.24) is 20.4 Å². The van der Waals surface area contributed by atoms with Gasteiger partial charge < -0.3 is 5.32 Å². The van der Waals surface area contributed by atoms with Gasteiger partial charge in [0.1, 0.15) is 11.9 Å². The number of aryl methyl sites for hydroxylation is 1. The Labute approximate surface area is 157 Å². The molecule has 2 heterocycles. The number of nitrogens with one attached hydrogen (secondary N) is 2. The molecule has 1 aliphatic rings. The number of hydrogen-bond donors (Lipinski definition) is 2. The van der Waals surface area contributed by atoms with Crippen LogP contribution >= 0.6 is 11.6 Å². The van der Waals surface area contributed by atoms with E-state index < -0.39 is 0 Å². The van der Waals surface area contributed by atoms with Crippen molar-refractivity contribution in [1.29, 1.82) is 0 Å². The number of hydrogen-bond acceptors (Lipinski definition) is 3. The Kier molecular flexibility index (Phi) is 4.49. The summed E-state index contributed by atoms with van der Waals surface area (Å²) in [5.74, 6) is -0.100. The van der Waals surface area contributed by atoms with Gasteiger partial charge in [-0.25, -0.2) is 4.68 Å². The summed E-state index contributed by atoms with van der Waals surface area (Å²) in [5.41, 5.74) is 4.64. The molecule has 1 aliphatic heterocycles. The van der Waals surface area contributed by atoms with Crippen LogP contribution in [0.2, 0.25) is 5.02 Å². The molecule has 132 valence electrons. The van der Waals surface area contributed by atoms with Crippen LogP contribution < -0.4 is 10.6 Å². The third-order valence-corrected chi connectivity index (χ3v) is 4.73. The number of benzene rings is 2. The summed E-state index contributed by atoms with van der Waals surface area (Å²) >= 11 is 6.05. The van der Waals surface area contributed by atoms with E-state index >= 15 is 0 Å². The molecule has 2 N–H and O–H groups in total. The van der Waals surface area contributed by atoms with E-state index in [1.807, 2.05) is 61.5 Å². The summed E-state index contributed by atoms with van der Waals surface area (Å²) in [6.07, 6.45) is -0.110. The molecule has 0 unspecified atom stereocenters. The molecule has 0 fully saturated rings. The van der Waals surface area contributed by atoms with Crippen LogP contribution in [0.3, 0.4) is 0 Å². The summed E-state index contributed by atoms with van der Waals surface area (Å²) in [4.78, 5) is 12.2. The molecule has 0 radical (unpaired) electrons. The summed E-state index contributed by atoms with van der Waals surface area (Å²) in [5, 5.41) is 11.8. The molecule has 0 aliphatic carbocycles. The van der Waals surface area contributed by atoms with Crippen molar-refractivity contribution in [2.45, 2.75) is 19.6 Å². The van der Waals surface area contributed by atoms with E-state index in [4.69, 9.17) is 11.6 Å². The minimum Gasteiger partial charge on any atom is -0.347 e. The molecule has 0 saturated heterocycles. The molecule has 0 spiro atoms. The first-order valence-corrected chi connectivity index (χ1v) is 8.90.